The third-order valence-electron chi connectivity index (χ3n) is 5.51. The molecule has 3 rings (SSSR count). The second-order valence-corrected chi connectivity index (χ2v) is 6.68. The van der Waals surface area contributed by atoms with Crippen molar-refractivity contribution in [1.82, 2.24) is 10.2 Å². The monoisotopic (exact) mass is 360 g/mol. The Kier molecular flexibility index (Phi) is 4.75. The Labute approximate surface area is 152 Å². The first-order chi connectivity index (χ1) is 12.4. The predicted octanol–water partition coefficient (Wildman–Crippen LogP) is 1.37. The molecule has 2 saturated heterocycles. The molecule has 4 atom stereocenters. The van der Waals surface area contributed by atoms with E-state index in [0.717, 1.165) is 5.56 Å². The number of fused-ring (bicyclic) bond motifs is 1. The first kappa shape index (κ1) is 18.4. The van der Waals surface area contributed by atoms with Gasteiger partial charge in [-0.15, -0.1) is 0 Å². The van der Waals surface area contributed by atoms with E-state index >= 15 is 0 Å². The highest BCUT2D eigenvalue weighted by Gasteiger charge is 2.67. The number of likely N-dealkylation sites (tertiary alicyclic amines) is 1. The van der Waals surface area contributed by atoms with Gasteiger partial charge in [0, 0.05) is 12.6 Å². The number of ether oxygens (including phenoxy) is 1. The standard InChI is InChI=1S/C19H24N2O5/c1-4-19(18(25)26-6-3)14-13(16(23)21(5-2)17(14)24)15(20-19)11-7-9-12(22)10-8-11/h7-10,13-15,20,22H,4-6H2,1-3H3/t13-,14+,15-,19-/m0/s1. The van der Waals surface area contributed by atoms with Crippen LogP contribution in [-0.2, 0) is 19.1 Å². The molecule has 0 saturated carbocycles. The average molecular weight is 360 g/mol. The number of aromatic hydroxyl groups is 1. The molecule has 1 aromatic rings. The lowest BCUT2D eigenvalue weighted by Crippen LogP contribution is -2.56. The number of rotatable bonds is 5. The number of phenols is 1. The Balaban J connectivity index is 2.11. The molecule has 0 bridgehead atoms. The lowest BCUT2D eigenvalue weighted by molar-refractivity contribution is -0.156. The summed E-state index contributed by atoms with van der Waals surface area (Å²) in [5, 5.41) is 12.8. The van der Waals surface area contributed by atoms with Gasteiger partial charge in [-0.1, -0.05) is 19.1 Å². The van der Waals surface area contributed by atoms with E-state index in [1.165, 1.54) is 17.0 Å². The number of carbonyl (C=O) groups is 3. The van der Waals surface area contributed by atoms with Crippen LogP contribution in [0.3, 0.4) is 0 Å². The Morgan fingerprint density at radius 3 is 2.38 bits per heavy atom. The van der Waals surface area contributed by atoms with E-state index in [-0.39, 0.29) is 30.7 Å². The third-order valence-corrected chi connectivity index (χ3v) is 5.51. The van der Waals surface area contributed by atoms with Crippen LogP contribution in [0.5, 0.6) is 5.75 Å². The SMILES string of the molecule is CCOC(=O)[C@@]1(CC)N[C@@H](c2ccc(O)cc2)[C@H]2C(=O)N(CC)C(=O)[C@@H]21. The number of imide groups is 1. The summed E-state index contributed by atoms with van der Waals surface area (Å²) in [5.41, 5.74) is -0.489. The van der Waals surface area contributed by atoms with Gasteiger partial charge in [0.2, 0.25) is 11.8 Å². The van der Waals surface area contributed by atoms with Crippen LogP contribution in [0.25, 0.3) is 0 Å². The molecule has 0 aliphatic carbocycles. The van der Waals surface area contributed by atoms with Crippen LogP contribution < -0.4 is 5.32 Å². The number of hydrogen-bond donors (Lipinski definition) is 2. The fourth-order valence-corrected chi connectivity index (χ4v) is 4.26. The van der Waals surface area contributed by atoms with Gasteiger partial charge >= 0.3 is 5.97 Å². The fourth-order valence-electron chi connectivity index (χ4n) is 4.26. The van der Waals surface area contributed by atoms with Crippen molar-refractivity contribution in [3.05, 3.63) is 29.8 Å². The maximum absolute atomic E-state index is 13.0. The van der Waals surface area contributed by atoms with Crippen LogP contribution in [-0.4, -0.2) is 46.5 Å². The molecular formula is C19H24N2O5. The molecule has 2 heterocycles. The zero-order chi connectivity index (χ0) is 19.1. The van der Waals surface area contributed by atoms with Crippen molar-refractivity contribution in [3.63, 3.8) is 0 Å². The van der Waals surface area contributed by atoms with Gasteiger partial charge in [0.15, 0.2) is 0 Å². The molecule has 0 spiro atoms. The van der Waals surface area contributed by atoms with E-state index in [1.54, 1.807) is 26.0 Å². The van der Waals surface area contributed by atoms with Crippen LogP contribution in [0.2, 0.25) is 0 Å². The topological polar surface area (TPSA) is 95.9 Å². The summed E-state index contributed by atoms with van der Waals surface area (Å²) >= 11 is 0. The zero-order valence-electron chi connectivity index (χ0n) is 15.2. The Morgan fingerprint density at radius 2 is 1.85 bits per heavy atom. The van der Waals surface area contributed by atoms with Crippen LogP contribution >= 0.6 is 0 Å². The number of hydrogen-bond acceptors (Lipinski definition) is 6. The number of phenolic OH excluding ortho intramolecular Hbond substituents is 1. The normalized spacial score (nSPS) is 30.6. The summed E-state index contributed by atoms with van der Waals surface area (Å²) in [6, 6.07) is 5.96. The average Bonchev–Trinajstić information content (AvgIpc) is 3.11. The highest BCUT2D eigenvalue weighted by molar-refractivity contribution is 6.09. The molecule has 2 fully saturated rings. The Hall–Kier alpha value is -2.41. The number of carbonyl (C=O) groups excluding carboxylic acids is 3. The second-order valence-electron chi connectivity index (χ2n) is 6.68. The van der Waals surface area contributed by atoms with E-state index in [1.807, 2.05) is 6.92 Å². The van der Waals surface area contributed by atoms with Crippen molar-refractivity contribution in [3.8, 4) is 5.75 Å². The molecule has 2 N–H and O–H groups in total. The lowest BCUT2D eigenvalue weighted by Gasteiger charge is -2.31. The predicted molar refractivity (Wildman–Crippen MR) is 93.0 cm³/mol. The summed E-state index contributed by atoms with van der Waals surface area (Å²) < 4.78 is 5.26. The summed E-state index contributed by atoms with van der Waals surface area (Å²) in [4.78, 5) is 39.9. The number of esters is 1. The fraction of sp³-hybridized carbons (Fsp3) is 0.526. The molecule has 0 aromatic heterocycles. The number of nitrogens with one attached hydrogen (secondary N) is 1. The molecule has 0 unspecified atom stereocenters. The maximum atomic E-state index is 13.0. The van der Waals surface area contributed by atoms with Gasteiger partial charge in [-0.05, 0) is 38.0 Å². The van der Waals surface area contributed by atoms with E-state index in [2.05, 4.69) is 5.32 Å². The van der Waals surface area contributed by atoms with Crippen LogP contribution in [0, 0.1) is 11.8 Å². The van der Waals surface area contributed by atoms with Crippen molar-refractivity contribution < 1.29 is 24.2 Å². The first-order valence-electron chi connectivity index (χ1n) is 9.00. The minimum atomic E-state index is -1.24. The molecule has 1 aromatic carbocycles. The van der Waals surface area contributed by atoms with Crippen molar-refractivity contribution in [2.45, 2.75) is 38.8 Å². The van der Waals surface area contributed by atoms with Crippen molar-refractivity contribution in [2.24, 2.45) is 11.8 Å². The molecule has 7 heteroatoms. The first-order valence-corrected chi connectivity index (χ1v) is 9.00. The number of nitrogens with zero attached hydrogens (tertiary/aromatic N) is 1. The largest absolute Gasteiger partial charge is 0.508 e. The van der Waals surface area contributed by atoms with Gasteiger partial charge in [0.1, 0.15) is 11.3 Å². The molecule has 2 aliphatic rings. The molecule has 140 valence electrons. The van der Waals surface area contributed by atoms with Crippen molar-refractivity contribution in [2.75, 3.05) is 13.2 Å². The molecule has 0 radical (unpaired) electrons. The van der Waals surface area contributed by atoms with Crippen molar-refractivity contribution in [1.29, 1.82) is 0 Å². The van der Waals surface area contributed by atoms with Gasteiger partial charge in [-0.25, -0.2) is 0 Å². The summed E-state index contributed by atoms with van der Waals surface area (Å²) in [6.45, 7) is 5.74. The summed E-state index contributed by atoms with van der Waals surface area (Å²) in [6.07, 6.45) is 0.332. The van der Waals surface area contributed by atoms with Gasteiger partial charge in [-0.3, -0.25) is 24.6 Å². The van der Waals surface area contributed by atoms with Crippen LogP contribution in [0.15, 0.2) is 24.3 Å². The number of benzene rings is 1. The van der Waals surface area contributed by atoms with Crippen molar-refractivity contribution >= 4 is 17.8 Å². The Bertz CT molecular complexity index is 732. The summed E-state index contributed by atoms with van der Waals surface area (Å²) in [7, 11) is 0. The second kappa shape index (κ2) is 6.72. The highest BCUT2D eigenvalue weighted by Crippen LogP contribution is 2.50. The van der Waals surface area contributed by atoms with E-state index in [9.17, 15) is 19.5 Å². The quantitative estimate of drug-likeness (QED) is 0.608. The van der Waals surface area contributed by atoms with E-state index < -0.39 is 29.4 Å². The molecule has 2 aliphatic heterocycles. The van der Waals surface area contributed by atoms with Gasteiger partial charge in [-0.2, -0.15) is 0 Å². The van der Waals surface area contributed by atoms with Gasteiger partial charge in [0.05, 0.1) is 18.4 Å². The molecule has 7 nitrogen and oxygen atoms in total. The van der Waals surface area contributed by atoms with Crippen LogP contribution in [0.4, 0.5) is 0 Å². The van der Waals surface area contributed by atoms with Crippen LogP contribution in [0.1, 0.15) is 38.8 Å². The van der Waals surface area contributed by atoms with Gasteiger partial charge in [0.25, 0.3) is 0 Å². The zero-order valence-corrected chi connectivity index (χ0v) is 15.2. The smallest absolute Gasteiger partial charge is 0.327 e. The third kappa shape index (κ3) is 2.49. The lowest BCUT2D eigenvalue weighted by atomic mass is 9.78. The minimum Gasteiger partial charge on any atom is -0.508 e. The Morgan fingerprint density at radius 1 is 1.19 bits per heavy atom. The minimum absolute atomic E-state index is 0.111. The maximum Gasteiger partial charge on any atom is 0.327 e. The number of amides is 2. The molecular weight excluding hydrogens is 336 g/mol. The summed E-state index contributed by atoms with van der Waals surface area (Å²) in [5.74, 6) is -2.45. The molecule has 26 heavy (non-hydrogen) atoms. The van der Waals surface area contributed by atoms with E-state index in [0.29, 0.717) is 6.42 Å². The highest BCUT2D eigenvalue weighted by atomic mass is 16.5. The van der Waals surface area contributed by atoms with Gasteiger partial charge < -0.3 is 9.84 Å². The molecule has 2 amide bonds. The van der Waals surface area contributed by atoms with E-state index in [4.69, 9.17) is 4.74 Å².